The van der Waals surface area contributed by atoms with E-state index >= 15 is 0 Å². The fourth-order valence-electron chi connectivity index (χ4n) is 12.8. The summed E-state index contributed by atoms with van der Waals surface area (Å²) in [5.74, 6) is -1.95. The second kappa shape index (κ2) is 32.9. The van der Waals surface area contributed by atoms with Gasteiger partial charge in [-0.1, -0.05) is 72.8 Å². The van der Waals surface area contributed by atoms with Gasteiger partial charge in [0.2, 0.25) is 0 Å². The van der Waals surface area contributed by atoms with Crippen LogP contribution in [-0.2, 0) is 66.5 Å². The van der Waals surface area contributed by atoms with Crippen LogP contribution in [0.5, 0.6) is 0 Å². The van der Waals surface area contributed by atoms with Gasteiger partial charge in [0.1, 0.15) is 24.8 Å². The van der Waals surface area contributed by atoms with E-state index in [2.05, 4.69) is 0 Å². The number of likely N-dealkylation sites (tertiary alicyclic amines) is 2. The van der Waals surface area contributed by atoms with Gasteiger partial charge in [-0.3, -0.25) is 9.59 Å². The van der Waals surface area contributed by atoms with Crippen molar-refractivity contribution in [2.45, 2.75) is 141 Å². The fraction of sp³-hybridized carbons (Fsp3) is 0.405. The number of nitrogens with zero attached hydrogens (tertiary/aromatic N) is 4. The van der Waals surface area contributed by atoms with Crippen LogP contribution in [0.3, 0.4) is 0 Å². The molecule has 6 aromatic carbocycles. The highest BCUT2D eigenvalue weighted by Crippen LogP contribution is 2.51. The summed E-state index contributed by atoms with van der Waals surface area (Å²) in [7, 11) is 5.56. The standard InChI is InChI=1S/2C37H39F7N2O4/c2*1-24-17-30(38)11-12-31(24)32-21-35(13-8-16-49-4,22-33(47)50-23-26-9-6-5-7-10-26)14-15-46(32)34(48)45(3)25(2)27-18-28(36(39,40)41)20-29(19-27)37(42,43)44/h2*5-12,16-20,25,32H,13-15,21-23H2,1-4H3/b16-8+;16-8-/t2*25-,32-,35+/m11/s1. The van der Waals surface area contributed by atoms with Gasteiger partial charge in [-0.25, -0.2) is 18.4 Å². The van der Waals surface area contributed by atoms with Gasteiger partial charge in [-0.05, 0) is 194 Å². The lowest BCUT2D eigenvalue weighted by Crippen LogP contribution is -2.50. The van der Waals surface area contributed by atoms with Crippen molar-refractivity contribution in [3.8, 4) is 0 Å². The molecule has 2 fully saturated rings. The van der Waals surface area contributed by atoms with Gasteiger partial charge < -0.3 is 38.5 Å². The van der Waals surface area contributed by atoms with Crippen molar-refractivity contribution < 1.29 is 99.6 Å². The molecule has 2 aliphatic heterocycles. The summed E-state index contributed by atoms with van der Waals surface area (Å²) in [5, 5.41) is 0. The molecule has 4 amide bonds. The second-order valence-electron chi connectivity index (χ2n) is 25.4. The zero-order valence-corrected chi connectivity index (χ0v) is 56.2. The Morgan fingerprint density at radius 1 is 0.500 bits per heavy atom. The van der Waals surface area contributed by atoms with Crippen molar-refractivity contribution >= 4 is 24.0 Å². The number of carbonyl (C=O) groups excluding carboxylic acids is 4. The molecule has 0 N–H and O–H groups in total. The van der Waals surface area contributed by atoms with Crippen LogP contribution in [0, 0.1) is 36.3 Å². The molecule has 2 aliphatic rings. The smallest absolute Gasteiger partial charge is 0.416 e. The Bertz CT molecular complexity index is 3530. The summed E-state index contributed by atoms with van der Waals surface area (Å²) >= 11 is 0. The van der Waals surface area contributed by atoms with E-state index in [0.717, 1.165) is 20.9 Å². The molecule has 0 aliphatic carbocycles. The third-order valence-corrected chi connectivity index (χ3v) is 18.5. The molecule has 540 valence electrons. The van der Waals surface area contributed by atoms with Gasteiger partial charge in [-0.2, -0.15) is 52.7 Å². The van der Waals surface area contributed by atoms with Crippen LogP contribution in [0.4, 0.5) is 71.1 Å². The van der Waals surface area contributed by atoms with Crippen molar-refractivity contribution in [1.82, 2.24) is 19.6 Å². The zero-order valence-electron chi connectivity index (χ0n) is 56.2. The van der Waals surface area contributed by atoms with E-state index in [1.165, 1.54) is 101 Å². The van der Waals surface area contributed by atoms with Crippen molar-refractivity contribution in [3.05, 3.63) is 237 Å². The Morgan fingerprint density at radius 2 is 0.820 bits per heavy atom. The summed E-state index contributed by atoms with van der Waals surface area (Å²) in [6.07, 6.45) is -12.1. The first-order valence-electron chi connectivity index (χ1n) is 31.8. The number of hydrogen-bond acceptors (Lipinski definition) is 8. The van der Waals surface area contributed by atoms with Gasteiger partial charge >= 0.3 is 48.7 Å². The Morgan fingerprint density at radius 3 is 1.11 bits per heavy atom. The number of ether oxygens (including phenoxy) is 4. The molecule has 2 saturated heterocycles. The Balaban J connectivity index is 0.000000281. The zero-order chi connectivity index (χ0) is 73.7. The molecule has 0 bridgehead atoms. The van der Waals surface area contributed by atoms with E-state index in [0.29, 0.717) is 72.2 Å². The molecule has 0 spiro atoms. The first kappa shape index (κ1) is 78.2. The van der Waals surface area contributed by atoms with Crippen LogP contribution >= 0.6 is 0 Å². The molecule has 0 saturated carbocycles. The van der Waals surface area contributed by atoms with Gasteiger partial charge in [0.15, 0.2) is 0 Å². The normalized spacial score (nSPS) is 18.9. The van der Waals surface area contributed by atoms with Crippen LogP contribution < -0.4 is 0 Å². The molecule has 0 unspecified atom stereocenters. The van der Waals surface area contributed by atoms with Crippen molar-refractivity contribution in [3.63, 3.8) is 0 Å². The minimum atomic E-state index is -5.06. The topological polar surface area (TPSA) is 118 Å². The second-order valence-corrected chi connectivity index (χ2v) is 25.4. The average Bonchev–Trinajstić information content (AvgIpc) is 0.790. The molecule has 12 nitrogen and oxygen atoms in total. The number of esters is 2. The number of carbonyl (C=O) groups is 4. The maximum Gasteiger partial charge on any atom is 0.416 e. The van der Waals surface area contributed by atoms with Gasteiger partial charge in [0.25, 0.3) is 0 Å². The lowest BCUT2D eigenvalue weighted by atomic mass is 9.69. The average molecular weight is 1420 g/mol. The highest BCUT2D eigenvalue weighted by molar-refractivity contribution is 5.77. The Labute approximate surface area is 571 Å². The number of piperidine rings is 2. The number of alkyl halides is 12. The molecule has 0 aromatic heterocycles. The van der Waals surface area contributed by atoms with E-state index in [1.54, 1.807) is 26.0 Å². The molecule has 26 heteroatoms. The largest absolute Gasteiger partial charge is 0.505 e. The highest BCUT2D eigenvalue weighted by Gasteiger charge is 2.48. The number of aryl methyl sites for hydroxylation is 2. The summed E-state index contributed by atoms with van der Waals surface area (Å²) in [6.45, 7) is 6.29. The Hall–Kier alpha value is -9.10. The van der Waals surface area contributed by atoms with Crippen LogP contribution in [0.15, 0.2) is 158 Å². The third-order valence-electron chi connectivity index (χ3n) is 18.5. The molecule has 6 atom stereocenters. The van der Waals surface area contributed by atoms with Crippen molar-refractivity contribution in [2.24, 2.45) is 10.8 Å². The van der Waals surface area contributed by atoms with E-state index in [-0.39, 0.29) is 75.2 Å². The van der Waals surface area contributed by atoms with Crippen LogP contribution in [0.2, 0.25) is 0 Å². The molecule has 0 radical (unpaired) electrons. The predicted molar refractivity (Wildman–Crippen MR) is 344 cm³/mol. The number of methoxy groups -OCH3 is 2. The lowest BCUT2D eigenvalue weighted by molar-refractivity contribution is -0.150. The highest BCUT2D eigenvalue weighted by atomic mass is 19.4. The monoisotopic (exact) mass is 1420 g/mol. The number of rotatable bonds is 20. The summed E-state index contributed by atoms with van der Waals surface area (Å²) < 4.78 is 214. The van der Waals surface area contributed by atoms with E-state index in [9.17, 15) is 80.6 Å². The quantitative estimate of drug-likeness (QED) is 0.0421. The molecular formula is C74H78F14N4O8. The SMILES string of the molecule is CO/C=C/C[C@]1(CC(=O)OCc2ccccc2)CCN(C(=O)N(C)[C@H](C)c2cc(C(F)(F)F)cc(C(F)(F)F)c2)[C@@H](c2ccc(F)cc2C)C1.CO/C=C\C[C@]1(CC(=O)OCc2ccccc2)CCN(C(=O)N(C)[C@H](C)c2cc(C(F)(F)F)cc(C(F)(F)F)c2)[C@@H](c2ccc(F)cc2C)C1. The minimum absolute atomic E-state index is 0.0244. The molecule has 8 rings (SSSR count). The van der Waals surface area contributed by atoms with E-state index in [4.69, 9.17) is 18.9 Å². The van der Waals surface area contributed by atoms with Gasteiger partial charge in [-0.15, -0.1) is 0 Å². The summed E-state index contributed by atoms with van der Waals surface area (Å²) in [6, 6.07) is 23.7. The van der Waals surface area contributed by atoms with E-state index in [1.807, 2.05) is 60.7 Å². The summed E-state index contributed by atoms with van der Waals surface area (Å²) in [4.78, 5) is 60.1. The van der Waals surface area contributed by atoms with E-state index < -0.39 is 118 Å². The van der Waals surface area contributed by atoms with Crippen molar-refractivity contribution in [2.75, 3.05) is 41.4 Å². The third kappa shape index (κ3) is 20.5. The van der Waals surface area contributed by atoms with Crippen LogP contribution in [-0.4, -0.2) is 85.0 Å². The first-order valence-corrected chi connectivity index (χ1v) is 31.8. The van der Waals surface area contributed by atoms with Gasteiger partial charge in [0.05, 0.1) is 86.0 Å². The fourth-order valence-corrected chi connectivity index (χ4v) is 12.8. The van der Waals surface area contributed by atoms with Crippen LogP contribution in [0.25, 0.3) is 0 Å². The number of allylic oxidation sites excluding steroid dienone is 2. The summed E-state index contributed by atoms with van der Waals surface area (Å²) in [5.41, 5.74) is -4.35. The Kier molecular flexibility index (Phi) is 25.8. The predicted octanol–water partition coefficient (Wildman–Crippen LogP) is 19.6. The molecular weight excluding hydrogens is 1340 g/mol. The number of halogens is 14. The lowest BCUT2D eigenvalue weighted by Gasteiger charge is -2.48. The molecule has 6 aromatic rings. The number of benzene rings is 6. The maximum atomic E-state index is 14.2. The number of urea groups is 2. The molecule has 2 heterocycles. The van der Waals surface area contributed by atoms with Gasteiger partial charge in [0, 0.05) is 27.2 Å². The first-order chi connectivity index (χ1) is 46.9. The number of hydrogen-bond donors (Lipinski definition) is 0. The van der Waals surface area contributed by atoms with Crippen LogP contribution in [0.1, 0.15) is 156 Å². The minimum Gasteiger partial charge on any atom is -0.505 e. The van der Waals surface area contributed by atoms with Crippen molar-refractivity contribution in [1.29, 1.82) is 0 Å². The molecule has 100 heavy (non-hydrogen) atoms. The maximum absolute atomic E-state index is 14.2. The number of amides is 4.